The molecule has 0 heterocycles. The number of rotatable bonds is 5. The molecule has 7 heteroatoms. The van der Waals surface area contributed by atoms with Gasteiger partial charge in [-0.2, -0.15) is 0 Å². The summed E-state index contributed by atoms with van der Waals surface area (Å²) in [7, 11) is 0. The molecule has 0 fully saturated rings. The average molecular weight is 233 g/mol. The van der Waals surface area contributed by atoms with Crippen LogP contribution in [0.3, 0.4) is 0 Å². The van der Waals surface area contributed by atoms with Crippen LogP contribution in [-0.4, -0.2) is 29.4 Å². The molecule has 0 saturated heterocycles. The zero-order valence-corrected chi connectivity index (χ0v) is 9.79. The quantitative estimate of drug-likeness (QED) is 0.404. The van der Waals surface area contributed by atoms with Gasteiger partial charge in [-0.25, -0.2) is 4.79 Å². The van der Waals surface area contributed by atoms with Crippen LogP contribution < -0.4 is 16.3 Å². The fraction of sp³-hybridized carbons (Fsp3) is 0.778. The van der Waals surface area contributed by atoms with E-state index in [1.165, 1.54) is 5.59 Å². The Kier molecular flexibility index (Phi) is 6.43. The van der Waals surface area contributed by atoms with Gasteiger partial charge in [0.2, 0.25) is 5.91 Å². The molecular formula is C9H19N3O4. The minimum Gasteiger partial charge on any atom is -0.444 e. The highest BCUT2D eigenvalue weighted by Gasteiger charge is 2.15. The maximum absolute atomic E-state index is 11.1. The molecule has 0 aromatic rings. The molecule has 0 atom stereocenters. The maximum atomic E-state index is 11.1. The summed E-state index contributed by atoms with van der Waals surface area (Å²) in [6, 6.07) is 0. The first-order valence-corrected chi connectivity index (χ1v) is 5.00. The topological polar surface area (TPSA) is 99.7 Å². The van der Waals surface area contributed by atoms with E-state index in [-0.39, 0.29) is 12.3 Å². The Hall–Kier alpha value is -1.34. The van der Waals surface area contributed by atoms with Gasteiger partial charge in [-0.3, -0.25) is 15.4 Å². The molecule has 0 bridgehead atoms. The van der Waals surface area contributed by atoms with Crippen LogP contribution in [0.4, 0.5) is 4.79 Å². The summed E-state index contributed by atoms with van der Waals surface area (Å²) in [5, 5.41) is 10.6. The van der Waals surface area contributed by atoms with E-state index in [9.17, 15) is 9.59 Å². The second kappa shape index (κ2) is 7.02. The average Bonchev–Trinajstić information content (AvgIpc) is 2.10. The van der Waals surface area contributed by atoms with Gasteiger partial charge in [0.25, 0.3) is 0 Å². The Bertz CT molecular complexity index is 237. The number of hydrogen-bond donors (Lipinski definition) is 4. The third-order valence-corrected chi connectivity index (χ3v) is 1.44. The van der Waals surface area contributed by atoms with Crippen LogP contribution in [0.2, 0.25) is 0 Å². The number of hydrogen-bond acceptors (Lipinski definition) is 5. The third-order valence-electron chi connectivity index (χ3n) is 1.44. The summed E-state index contributed by atoms with van der Waals surface area (Å²) in [4.78, 5) is 22.0. The predicted octanol–water partition coefficient (Wildman–Crippen LogP) is 0.301. The van der Waals surface area contributed by atoms with Gasteiger partial charge in [-0.15, -0.1) is 5.59 Å². The second-order valence-corrected chi connectivity index (χ2v) is 4.19. The number of ether oxygens (including phenoxy) is 1. The molecular weight excluding hydrogens is 214 g/mol. The van der Waals surface area contributed by atoms with Crippen molar-refractivity contribution in [3.63, 3.8) is 0 Å². The van der Waals surface area contributed by atoms with E-state index in [2.05, 4.69) is 5.32 Å². The van der Waals surface area contributed by atoms with Crippen molar-refractivity contribution in [2.75, 3.05) is 6.54 Å². The minimum atomic E-state index is -0.526. The Labute approximate surface area is 94.5 Å². The molecule has 4 N–H and O–H groups in total. The molecule has 0 aliphatic heterocycles. The Morgan fingerprint density at radius 3 is 2.44 bits per heavy atom. The van der Waals surface area contributed by atoms with Gasteiger partial charge in [0.1, 0.15) is 5.60 Å². The van der Waals surface area contributed by atoms with Crippen molar-refractivity contribution in [3.8, 4) is 0 Å². The van der Waals surface area contributed by atoms with Crippen molar-refractivity contribution in [3.05, 3.63) is 0 Å². The highest BCUT2D eigenvalue weighted by atomic mass is 16.6. The lowest BCUT2D eigenvalue weighted by atomic mass is 10.2. The summed E-state index contributed by atoms with van der Waals surface area (Å²) >= 11 is 0. The lowest BCUT2D eigenvalue weighted by Crippen LogP contribution is -2.36. The van der Waals surface area contributed by atoms with Gasteiger partial charge in [0.05, 0.1) is 0 Å². The van der Waals surface area contributed by atoms with E-state index in [0.29, 0.717) is 13.0 Å². The number of alkyl carbamates (subject to hydrolysis) is 1. The SMILES string of the molecule is CC(C)(C)OC(=O)NCCCC(=O)NNO. The number of amides is 2. The van der Waals surface area contributed by atoms with Crippen molar-refractivity contribution in [2.24, 2.45) is 0 Å². The van der Waals surface area contributed by atoms with E-state index < -0.39 is 11.7 Å². The highest BCUT2D eigenvalue weighted by Crippen LogP contribution is 2.06. The molecule has 0 rings (SSSR count). The van der Waals surface area contributed by atoms with Crippen molar-refractivity contribution in [1.29, 1.82) is 0 Å². The molecule has 94 valence electrons. The first-order valence-electron chi connectivity index (χ1n) is 5.00. The summed E-state index contributed by atoms with van der Waals surface area (Å²) in [5.41, 5.74) is 3.01. The van der Waals surface area contributed by atoms with Crippen molar-refractivity contribution in [1.82, 2.24) is 16.3 Å². The van der Waals surface area contributed by atoms with Crippen molar-refractivity contribution in [2.45, 2.75) is 39.2 Å². The second-order valence-electron chi connectivity index (χ2n) is 4.19. The molecule has 0 aromatic heterocycles. The summed E-state index contributed by atoms with van der Waals surface area (Å²) < 4.78 is 4.99. The van der Waals surface area contributed by atoms with Crippen LogP contribution in [0.5, 0.6) is 0 Å². The maximum Gasteiger partial charge on any atom is 0.407 e. The van der Waals surface area contributed by atoms with Gasteiger partial charge in [-0.1, -0.05) is 0 Å². The van der Waals surface area contributed by atoms with Crippen LogP contribution in [0, 0.1) is 0 Å². The molecule has 2 amide bonds. The summed E-state index contributed by atoms with van der Waals surface area (Å²) in [6.07, 6.45) is 0.157. The number of carbonyl (C=O) groups is 2. The molecule has 0 radical (unpaired) electrons. The largest absolute Gasteiger partial charge is 0.444 e. The molecule has 16 heavy (non-hydrogen) atoms. The Morgan fingerprint density at radius 1 is 1.31 bits per heavy atom. The molecule has 0 aliphatic rings. The predicted molar refractivity (Wildman–Crippen MR) is 56.5 cm³/mol. The standard InChI is InChI=1S/C9H19N3O4/c1-9(2,3)16-8(14)10-6-4-5-7(13)11-12-15/h12,15H,4-6H2,1-3H3,(H,10,14)(H,11,13). The molecule has 0 unspecified atom stereocenters. The molecule has 7 nitrogen and oxygen atoms in total. The number of hydrazine groups is 1. The van der Waals surface area contributed by atoms with E-state index in [1.807, 2.05) is 5.43 Å². The normalized spacial score (nSPS) is 10.8. The zero-order valence-electron chi connectivity index (χ0n) is 9.79. The summed E-state index contributed by atoms with van der Waals surface area (Å²) in [5.74, 6) is -0.353. The smallest absolute Gasteiger partial charge is 0.407 e. The van der Waals surface area contributed by atoms with Gasteiger partial charge in [-0.05, 0) is 27.2 Å². The van der Waals surface area contributed by atoms with E-state index in [1.54, 1.807) is 20.8 Å². The van der Waals surface area contributed by atoms with E-state index in [0.717, 1.165) is 0 Å². The van der Waals surface area contributed by atoms with Crippen molar-refractivity contribution >= 4 is 12.0 Å². The van der Waals surface area contributed by atoms with Crippen LogP contribution in [0.1, 0.15) is 33.6 Å². The Morgan fingerprint density at radius 2 is 1.94 bits per heavy atom. The fourth-order valence-electron chi connectivity index (χ4n) is 0.878. The molecule has 0 aromatic carbocycles. The summed E-state index contributed by atoms with van der Waals surface area (Å²) in [6.45, 7) is 5.65. The third kappa shape index (κ3) is 9.22. The molecule has 0 spiro atoms. The first kappa shape index (κ1) is 14.7. The van der Waals surface area contributed by atoms with Gasteiger partial charge >= 0.3 is 6.09 Å². The number of nitrogens with one attached hydrogen (secondary N) is 3. The lowest BCUT2D eigenvalue weighted by Gasteiger charge is -2.19. The Balaban J connectivity index is 3.52. The van der Waals surface area contributed by atoms with Crippen molar-refractivity contribution < 1.29 is 19.5 Å². The van der Waals surface area contributed by atoms with Gasteiger partial charge < -0.3 is 10.1 Å². The first-order chi connectivity index (χ1) is 7.35. The fourth-order valence-corrected chi connectivity index (χ4v) is 0.878. The van der Waals surface area contributed by atoms with Crippen LogP contribution in [0.15, 0.2) is 0 Å². The molecule has 0 saturated carbocycles. The minimum absolute atomic E-state index is 0.198. The van der Waals surface area contributed by atoms with Crippen LogP contribution in [0.25, 0.3) is 0 Å². The van der Waals surface area contributed by atoms with Gasteiger partial charge in [0, 0.05) is 13.0 Å². The highest BCUT2D eigenvalue weighted by molar-refractivity contribution is 5.75. The van der Waals surface area contributed by atoms with Crippen LogP contribution >= 0.6 is 0 Å². The molecule has 0 aliphatic carbocycles. The number of carbonyl (C=O) groups excluding carboxylic acids is 2. The monoisotopic (exact) mass is 233 g/mol. The zero-order chi connectivity index (χ0) is 12.6. The van der Waals surface area contributed by atoms with Gasteiger partial charge in [0.15, 0.2) is 0 Å². The lowest BCUT2D eigenvalue weighted by molar-refractivity contribution is -0.125. The van der Waals surface area contributed by atoms with E-state index in [4.69, 9.17) is 9.94 Å². The van der Waals surface area contributed by atoms with E-state index >= 15 is 0 Å². The van der Waals surface area contributed by atoms with Crippen LogP contribution in [-0.2, 0) is 9.53 Å².